The van der Waals surface area contributed by atoms with Gasteiger partial charge in [-0.2, -0.15) is 0 Å². The minimum absolute atomic E-state index is 0.00904. The van der Waals surface area contributed by atoms with Gasteiger partial charge in [-0.05, 0) is 118 Å². The molecule has 4 aliphatic heterocycles. The van der Waals surface area contributed by atoms with E-state index in [-0.39, 0.29) is 55.2 Å². The highest BCUT2D eigenvalue weighted by atomic mass is 16.6. The number of carbonyl (C=O) groups excluding carboxylic acids is 5. The van der Waals surface area contributed by atoms with Gasteiger partial charge in [-0.15, -0.1) is 0 Å². The van der Waals surface area contributed by atoms with E-state index in [1.165, 1.54) is 0 Å². The molecule has 0 bridgehead atoms. The van der Waals surface area contributed by atoms with Crippen molar-refractivity contribution in [3.05, 3.63) is 58.7 Å². The molecule has 2 aromatic rings. The number of carbonyl (C=O) groups is 5. The van der Waals surface area contributed by atoms with Crippen molar-refractivity contribution in [1.82, 2.24) is 24.5 Å². The number of likely N-dealkylation sites (N-methyl/N-ethyl adjacent to an activating group) is 1. The molecular weight excluding hydrogens is 753 g/mol. The Bertz CT molecular complexity index is 1770. The molecule has 2 N–H and O–H groups in total. The molecule has 14 nitrogen and oxygen atoms in total. The number of ether oxygens (including phenoxy) is 2. The summed E-state index contributed by atoms with van der Waals surface area (Å²) in [5, 5.41) is 13.5. The SMILES string of the molecule is CCCC(=O)N(C)CCOC(=O)CN1CCC(C2CCN(C(=O)[C@@H](Cc3cc(C)c(O)c(C)c3)OC(=O)N3CCC(N4CCc5ccccc5NC4=O)CC3)CC2)CC1. The normalized spacial score (nSPS) is 19.1. The number of hydrogen-bond donors (Lipinski definition) is 2. The van der Waals surface area contributed by atoms with Crippen LogP contribution in [-0.2, 0) is 36.7 Å². The maximum Gasteiger partial charge on any atom is 0.410 e. The molecule has 322 valence electrons. The Balaban J connectivity index is 0.986. The number of rotatable bonds is 13. The van der Waals surface area contributed by atoms with Gasteiger partial charge in [0.25, 0.3) is 5.91 Å². The van der Waals surface area contributed by atoms with Crippen molar-refractivity contribution in [3.63, 3.8) is 0 Å². The number of aromatic hydroxyl groups is 1. The van der Waals surface area contributed by atoms with Gasteiger partial charge in [0.05, 0.1) is 13.1 Å². The first kappa shape index (κ1) is 43.7. The standard InChI is InChI=1S/C45H64N6O8/c1-5-8-40(52)47(4)25-26-58-41(53)30-48-18-11-34(12-19-48)35-13-20-49(21-14-35)43(55)39(29-33-27-31(2)42(54)32(3)28-33)59-45(57)50-22-16-37(17-23-50)51-24-15-36-9-6-7-10-38(36)46-44(51)56/h6-7,9-10,27-28,34-35,37,39,54H,5,8,11-26,29-30H2,1-4H3,(H,46,56)/t39-/m1/s1. The van der Waals surface area contributed by atoms with Gasteiger partial charge in [-0.25, -0.2) is 9.59 Å². The van der Waals surface area contributed by atoms with Gasteiger partial charge in [0.2, 0.25) is 5.91 Å². The van der Waals surface area contributed by atoms with E-state index in [9.17, 15) is 29.1 Å². The van der Waals surface area contributed by atoms with E-state index in [1.807, 2.05) is 67.0 Å². The van der Waals surface area contributed by atoms with Crippen LogP contribution in [0.15, 0.2) is 36.4 Å². The number of piperidine rings is 3. The van der Waals surface area contributed by atoms with Gasteiger partial charge in [0, 0.05) is 64.3 Å². The predicted octanol–water partition coefficient (Wildman–Crippen LogP) is 5.36. The number of phenolic OH excluding ortho intramolecular Hbond substituents is 1. The Morgan fingerprint density at radius 3 is 2.17 bits per heavy atom. The Morgan fingerprint density at radius 2 is 1.51 bits per heavy atom. The Kier molecular flexibility index (Phi) is 15.1. The minimum atomic E-state index is -1.02. The van der Waals surface area contributed by atoms with E-state index < -0.39 is 12.2 Å². The Hall–Kier alpha value is -4.85. The van der Waals surface area contributed by atoms with Crippen LogP contribution in [0.4, 0.5) is 15.3 Å². The van der Waals surface area contributed by atoms with Gasteiger partial charge in [-0.3, -0.25) is 19.3 Å². The number of anilines is 1. The topological polar surface area (TPSA) is 152 Å². The first-order valence-corrected chi connectivity index (χ1v) is 21.7. The summed E-state index contributed by atoms with van der Waals surface area (Å²) in [4.78, 5) is 74.8. The second-order valence-electron chi connectivity index (χ2n) is 17.0. The molecule has 3 fully saturated rings. The highest BCUT2D eigenvalue weighted by Crippen LogP contribution is 2.33. The summed E-state index contributed by atoms with van der Waals surface area (Å²) in [6, 6.07) is 11.4. The van der Waals surface area contributed by atoms with Crippen LogP contribution in [0.2, 0.25) is 0 Å². The largest absolute Gasteiger partial charge is 0.507 e. The number of benzene rings is 2. The van der Waals surface area contributed by atoms with Crippen molar-refractivity contribution in [2.45, 2.75) is 97.1 Å². The number of aryl methyl sites for hydroxylation is 2. The fourth-order valence-electron chi connectivity index (χ4n) is 9.28. The van der Waals surface area contributed by atoms with Crippen LogP contribution < -0.4 is 5.32 Å². The van der Waals surface area contributed by atoms with Crippen LogP contribution in [0.3, 0.4) is 0 Å². The number of urea groups is 1. The molecule has 0 saturated carbocycles. The minimum Gasteiger partial charge on any atom is -0.507 e. The Labute approximate surface area is 349 Å². The third-order valence-electron chi connectivity index (χ3n) is 12.9. The summed E-state index contributed by atoms with van der Waals surface area (Å²) in [5.41, 5.74) is 4.17. The van der Waals surface area contributed by atoms with E-state index in [2.05, 4.69) is 10.2 Å². The molecule has 14 heteroatoms. The molecule has 2 aromatic carbocycles. The van der Waals surface area contributed by atoms with Crippen molar-refractivity contribution in [1.29, 1.82) is 0 Å². The first-order valence-electron chi connectivity index (χ1n) is 21.7. The quantitative estimate of drug-likeness (QED) is 0.255. The smallest absolute Gasteiger partial charge is 0.410 e. The number of hydrogen-bond acceptors (Lipinski definition) is 9. The van der Waals surface area contributed by atoms with Crippen molar-refractivity contribution < 1.29 is 38.6 Å². The lowest BCUT2D eigenvalue weighted by molar-refractivity contribution is -0.147. The highest BCUT2D eigenvalue weighted by Gasteiger charge is 2.37. The van der Waals surface area contributed by atoms with Crippen LogP contribution in [0, 0.1) is 25.7 Å². The number of esters is 1. The lowest BCUT2D eigenvalue weighted by atomic mass is 9.78. The third kappa shape index (κ3) is 11.5. The molecule has 6 rings (SSSR count). The second-order valence-corrected chi connectivity index (χ2v) is 17.0. The zero-order chi connectivity index (χ0) is 42.1. The lowest BCUT2D eigenvalue weighted by Gasteiger charge is -2.41. The number of fused-ring (bicyclic) bond motifs is 1. The molecule has 0 unspecified atom stereocenters. The summed E-state index contributed by atoms with van der Waals surface area (Å²) < 4.78 is 11.5. The van der Waals surface area contributed by atoms with E-state index in [0.29, 0.717) is 81.5 Å². The lowest BCUT2D eigenvalue weighted by Crippen LogP contribution is -2.52. The zero-order valence-corrected chi connectivity index (χ0v) is 35.5. The Morgan fingerprint density at radius 1 is 0.881 bits per heavy atom. The van der Waals surface area contributed by atoms with Gasteiger partial charge in [-0.1, -0.05) is 37.3 Å². The maximum absolute atomic E-state index is 14.2. The molecule has 0 aromatic heterocycles. The van der Waals surface area contributed by atoms with Crippen molar-refractivity contribution in [2.75, 3.05) is 77.9 Å². The molecule has 4 heterocycles. The van der Waals surface area contributed by atoms with Gasteiger partial charge in [0.15, 0.2) is 6.10 Å². The fraction of sp³-hybridized carbons (Fsp3) is 0.622. The summed E-state index contributed by atoms with van der Waals surface area (Å²) in [5.74, 6) is 0.774. The van der Waals surface area contributed by atoms with Crippen molar-refractivity contribution >= 4 is 35.6 Å². The van der Waals surface area contributed by atoms with Crippen LogP contribution >= 0.6 is 0 Å². The van der Waals surface area contributed by atoms with Crippen molar-refractivity contribution in [2.24, 2.45) is 11.8 Å². The predicted molar refractivity (Wildman–Crippen MR) is 224 cm³/mol. The van der Waals surface area contributed by atoms with E-state index in [4.69, 9.17) is 9.47 Å². The maximum atomic E-state index is 14.2. The summed E-state index contributed by atoms with van der Waals surface area (Å²) in [6.07, 6.45) is 5.61. The number of para-hydroxylation sites is 1. The zero-order valence-electron chi connectivity index (χ0n) is 35.5. The van der Waals surface area contributed by atoms with E-state index in [0.717, 1.165) is 68.4 Å². The third-order valence-corrected chi connectivity index (χ3v) is 12.9. The summed E-state index contributed by atoms with van der Waals surface area (Å²) in [6.45, 7) is 10.7. The molecule has 0 aliphatic carbocycles. The monoisotopic (exact) mass is 816 g/mol. The molecule has 0 spiro atoms. The number of amides is 5. The molecule has 59 heavy (non-hydrogen) atoms. The van der Waals surface area contributed by atoms with Crippen LogP contribution in [0.1, 0.15) is 80.5 Å². The van der Waals surface area contributed by atoms with E-state index >= 15 is 0 Å². The highest BCUT2D eigenvalue weighted by molar-refractivity contribution is 5.91. The number of nitrogens with zero attached hydrogens (tertiary/aromatic N) is 5. The van der Waals surface area contributed by atoms with Gasteiger partial charge >= 0.3 is 18.1 Å². The second kappa shape index (κ2) is 20.4. The average molecular weight is 817 g/mol. The summed E-state index contributed by atoms with van der Waals surface area (Å²) >= 11 is 0. The van der Waals surface area contributed by atoms with Gasteiger partial charge in [0.1, 0.15) is 12.4 Å². The van der Waals surface area contributed by atoms with E-state index in [1.54, 1.807) is 16.8 Å². The van der Waals surface area contributed by atoms with Gasteiger partial charge < -0.3 is 39.5 Å². The van der Waals surface area contributed by atoms with Crippen LogP contribution in [0.25, 0.3) is 0 Å². The van der Waals surface area contributed by atoms with Crippen LogP contribution in [0.5, 0.6) is 5.75 Å². The molecule has 4 aliphatic rings. The molecular formula is C45H64N6O8. The van der Waals surface area contributed by atoms with Crippen molar-refractivity contribution in [3.8, 4) is 5.75 Å². The molecule has 1 atom stereocenters. The molecule has 5 amide bonds. The average Bonchev–Trinajstić information content (AvgIpc) is 3.40. The summed E-state index contributed by atoms with van der Waals surface area (Å²) in [7, 11) is 1.73. The fourth-order valence-corrected chi connectivity index (χ4v) is 9.28. The number of likely N-dealkylation sites (tertiary alicyclic amines) is 3. The van der Waals surface area contributed by atoms with Crippen LogP contribution in [-0.4, -0.2) is 144 Å². The molecule has 0 radical (unpaired) electrons. The molecule has 3 saturated heterocycles. The number of nitrogens with one attached hydrogen (secondary N) is 1. The first-order chi connectivity index (χ1) is 28.4. The number of phenols is 1.